The average Bonchev–Trinajstić information content (AvgIpc) is 3.16. The molecule has 3 atom stereocenters. The van der Waals surface area contributed by atoms with E-state index in [-0.39, 0.29) is 11.0 Å². The molecular formula is C23H33N3O2. The summed E-state index contributed by atoms with van der Waals surface area (Å²) in [6.07, 6.45) is 9.62. The van der Waals surface area contributed by atoms with Crippen molar-refractivity contribution in [1.82, 2.24) is 4.90 Å². The lowest BCUT2D eigenvalue weighted by molar-refractivity contribution is -0.0278. The van der Waals surface area contributed by atoms with Gasteiger partial charge in [0.2, 0.25) is 0 Å². The van der Waals surface area contributed by atoms with Gasteiger partial charge in [-0.2, -0.15) is 0 Å². The summed E-state index contributed by atoms with van der Waals surface area (Å²) in [6, 6.07) is 7.46. The molecule has 0 radical (unpaired) electrons. The summed E-state index contributed by atoms with van der Waals surface area (Å²) >= 11 is 0. The second kappa shape index (κ2) is 6.38. The maximum atomic E-state index is 6.63. The number of ether oxygens (including phenoxy) is 2. The highest BCUT2D eigenvalue weighted by molar-refractivity contribution is 5.83. The minimum atomic E-state index is -0.242. The Labute approximate surface area is 168 Å². The van der Waals surface area contributed by atoms with Crippen LogP contribution in [0.25, 0.3) is 0 Å². The van der Waals surface area contributed by atoms with Gasteiger partial charge in [0.1, 0.15) is 11.3 Å². The molecule has 1 aromatic rings. The Morgan fingerprint density at radius 1 is 1.14 bits per heavy atom. The Bertz CT molecular complexity index is 799. The van der Waals surface area contributed by atoms with E-state index in [9.17, 15) is 0 Å². The molecule has 2 fully saturated rings. The minimum absolute atomic E-state index is 0.137. The summed E-state index contributed by atoms with van der Waals surface area (Å²) in [5, 5.41) is 0. The van der Waals surface area contributed by atoms with Crippen LogP contribution >= 0.6 is 0 Å². The van der Waals surface area contributed by atoms with Gasteiger partial charge in [-0.1, -0.05) is 6.07 Å². The van der Waals surface area contributed by atoms with Crippen LogP contribution in [0.15, 0.2) is 23.2 Å². The third kappa shape index (κ3) is 2.25. The third-order valence-electron chi connectivity index (χ3n) is 8.24. The highest BCUT2D eigenvalue weighted by Crippen LogP contribution is 2.65. The Kier molecular flexibility index (Phi) is 4.17. The molecule has 5 heteroatoms. The number of hydrogen-bond acceptors (Lipinski definition) is 5. The van der Waals surface area contributed by atoms with Crippen molar-refractivity contribution in [2.24, 2.45) is 16.1 Å². The van der Waals surface area contributed by atoms with Crippen molar-refractivity contribution in [3.8, 4) is 5.75 Å². The number of fused-ring (bicyclic) bond motifs is 5. The number of aliphatic imine (C=N–C) groups is 1. The number of piperidine rings is 1. The van der Waals surface area contributed by atoms with Crippen molar-refractivity contribution in [1.29, 1.82) is 0 Å². The standard InChI is InChI=1S/C23H33N3O2/c1-15-5-4-6-20-23(25-21(24)26(15)20)19-13-18(28-3)8-7-16(19)14-22(23)11-9-17(27-2)10-12-22/h7-8,13,15,17,20H,4-6,9-12,14H2,1-3H3,(H2,24,25). The molecule has 2 heterocycles. The first-order chi connectivity index (χ1) is 13.5. The van der Waals surface area contributed by atoms with E-state index in [1.165, 1.54) is 30.4 Å². The van der Waals surface area contributed by atoms with E-state index in [0.717, 1.165) is 43.8 Å². The second-order valence-corrected chi connectivity index (χ2v) is 9.35. The molecule has 0 amide bonds. The van der Waals surface area contributed by atoms with E-state index in [4.69, 9.17) is 20.2 Å². The normalized spacial score (nSPS) is 39.2. The monoisotopic (exact) mass is 383 g/mol. The van der Waals surface area contributed by atoms with Crippen LogP contribution in [0.5, 0.6) is 5.75 Å². The van der Waals surface area contributed by atoms with Gasteiger partial charge >= 0.3 is 0 Å². The van der Waals surface area contributed by atoms with Crippen molar-refractivity contribution in [2.75, 3.05) is 14.2 Å². The topological polar surface area (TPSA) is 60.1 Å². The van der Waals surface area contributed by atoms with Crippen molar-refractivity contribution >= 4 is 5.96 Å². The molecule has 5 nitrogen and oxygen atoms in total. The molecule has 2 aliphatic carbocycles. The Balaban J connectivity index is 1.68. The van der Waals surface area contributed by atoms with Gasteiger partial charge in [-0.3, -0.25) is 0 Å². The molecular weight excluding hydrogens is 350 g/mol. The molecule has 3 unspecified atom stereocenters. The van der Waals surface area contributed by atoms with Gasteiger partial charge in [-0.05, 0) is 81.5 Å². The molecule has 2 aliphatic heterocycles. The predicted octanol–water partition coefficient (Wildman–Crippen LogP) is 3.59. The number of nitrogens with two attached hydrogens (primary N) is 1. The van der Waals surface area contributed by atoms with Crippen LogP contribution in [0.2, 0.25) is 0 Å². The number of guanidine groups is 1. The predicted molar refractivity (Wildman–Crippen MR) is 111 cm³/mol. The second-order valence-electron chi connectivity index (χ2n) is 9.35. The van der Waals surface area contributed by atoms with Crippen LogP contribution < -0.4 is 10.5 Å². The molecule has 1 saturated carbocycles. The molecule has 5 rings (SSSR count). The van der Waals surface area contributed by atoms with Gasteiger partial charge in [0.15, 0.2) is 5.96 Å². The SMILES string of the molecule is COc1ccc2c(c1)C1(N=C(N)N3C(C)CCCC31)C1(CCC(OC)CC1)C2. The molecule has 4 aliphatic rings. The first kappa shape index (κ1) is 18.3. The lowest BCUT2D eigenvalue weighted by atomic mass is 9.58. The van der Waals surface area contributed by atoms with E-state index in [1.54, 1.807) is 7.11 Å². The highest BCUT2D eigenvalue weighted by atomic mass is 16.5. The molecule has 0 aromatic heterocycles. The number of rotatable bonds is 2. The van der Waals surface area contributed by atoms with E-state index < -0.39 is 0 Å². The van der Waals surface area contributed by atoms with Crippen LogP contribution in [0.1, 0.15) is 63.0 Å². The van der Waals surface area contributed by atoms with Gasteiger partial charge in [0, 0.05) is 18.6 Å². The zero-order valence-corrected chi connectivity index (χ0v) is 17.4. The van der Waals surface area contributed by atoms with Gasteiger partial charge in [0.05, 0.1) is 19.3 Å². The van der Waals surface area contributed by atoms with Gasteiger partial charge in [0.25, 0.3) is 0 Å². The Morgan fingerprint density at radius 3 is 2.64 bits per heavy atom. The summed E-state index contributed by atoms with van der Waals surface area (Å²) in [5.41, 5.74) is 9.33. The van der Waals surface area contributed by atoms with Crippen LogP contribution in [-0.2, 0) is 16.7 Å². The first-order valence-electron chi connectivity index (χ1n) is 10.9. The largest absolute Gasteiger partial charge is 0.497 e. The van der Waals surface area contributed by atoms with Crippen LogP contribution in [0.3, 0.4) is 0 Å². The van der Waals surface area contributed by atoms with Crippen molar-refractivity contribution in [3.05, 3.63) is 29.3 Å². The number of hydrogen-bond donors (Lipinski definition) is 1. The zero-order chi connectivity index (χ0) is 19.5. The smallest absolute Gasteiger partial charge is 0.192 e. The molecule has 1 saturated heterocycles. The van der Waals surface area contributed by atoms with Crippen molar-refractivity contribution < 1.29 is 9.47 Å². The van der Waals surface area contributed by atoms with E-state index >= 15 is 0 Å². The maximum Gasteiger partial charge on any atom is 0.192 e. The summed E-state index contributed by atoms with van der Waals surface area (Å²) in [4.78, 5) is 7.83. The van der Waals surface area contributed by atoms with E-state index in [1.807, 2.05) is 7.11 Å². The fourth-order valence-electron chi connectivity index (χ4n) is 6.93. The lowest BCUT2D eigenvalue weighted by Gasteiger charge is -2.52. The Morgan fingerprint density at radius 2 is 1.93 bits per heavy atom. The molecule has 0 bridgehead atoms. The highest BCUT2D eigenvalue weighted by Gasteiger charge is 2.66. The summed E-state index contributed by atoms with van der Waals surface area (Å²) in [7, 11) is 3.60. The molecule has 152 valence electrons. The summed E-state index contributed by atoms with van der Waals surface area (Å²) in [6.45, 7) is 2.31. The molecule has 2 spiro atoms. The van der Waals surface area contributed by atoms with Gasteiger partial charge < -0.3 is 20.1 Å². The zero-order valence-electron chi connectivity index (χ0n) is 17.4. The van der Waals surface area contributed by atoms with E-state index in [2.05, 4.69) is 30.0 Å². The van der Waals surface area contributed by atoms with Crippen molar-refractivity contribution in [3.63, 3.8) is 0 Å². The first-order valence-corrected chi connectivity index (χ1v) is 10.9. The molecule has 1 aromatic carbocycles. The van der Waals surface area contributed by atoms with Crippen molar-refractivity contribution in [2.45, 2.75) is 82.0 Å². The quantitative estimate of drug-likeness (QED) is 0.848. The fourth-order valence-corrected chi connectivity index (χ4v) is 6.93. The Hall–Kier alpha value is -1.75. The number of methoxy groups -OCH3 is 2. The fraction of sp³-hybridized carbons (Fsp3) is 0.696. The van der Waals surface area contributed by atoms with E-state index in [0.29, 0.717) is 18.2 Å². The van der Waals surface area contributed by atoms with Gasteiger partial charge in [-0.25, -0.2) is 4.99 Å². The lowest BCUT2D eigenvalue weighted by Crippen LogP contribution is -2.58. The minimum Gasteiger partial charge on any atom is -0.497 e. The maximum absolute atomic E-state index is 6.63. The number of nitrogens with zero attached hydrogens (tertiary/aromatic N) is 2. The van der Waals surface area contributed by atoms with Crippen LogP contribution in [0.4, 0.5) is 0 Å². The van der Waals surface area contributed by atoms with Gasteiger partial charge in [-0.15, -0.1) is 0 Å². The average molecular weight is 384 g/mol. The molecule has 2 N–H and O–H groups in total. The summed E-state index contributed by atoms with van der Waals surface area (Å²) in [5.74, 6) is 1.68. The number of benzene rings is 1. The third-order valence-corrected chi connectivity index (χ3v) is 8.24. The van der Waals surface area contributed by atoms with Crippen LogP contribution in [0, 0.1) is 5.41 Å². The molecule has 28 heavy (non-hydrogen) atoms. The summed E-state index contributed by atoms with van der Waals surface area (Å²) < 4.78 is 11.3. The van der Waals surface area contributed by atoms with Crippen LogP contribution in [-0.4, -0.2) is 43.3 Å².